The first kappa shape index (κ1) is 14.7. The summed E-state index contributed by atoms with van der Waals surface area (Å²) in [5, 5.41) is 1.79. The molecule has 2 heterocycles. The predicted octanol–water partition coefficient (Wildman–Crippen LogP) is 4.34. The molecule has 0 aliphatic carbocycles. The molecule has 1 N–H and O–H groups in total. The number of para-hydroxylation sites is 2. The molecule has 4 rings (SSSR count). The Bertz CT molecular complexity index is 1080. The lowest BCUT2D eigenvalue weighted by molar-refractivity contribution is 0.652. The number of H-pyrrole nitrogens is 1. The molecule has 2 aromatic heterocycles. The molecule has 0 atom stereocenters. The van der Waals surface area contributed by atoms with E-state index < -0.39 is 0 Å². The van der Waals surface area contributed by atoms with Gasteiger partial charge in [-0.05, 0) is 30.7 Å². The number of benzene rings is 2. The average Bonchev–Trinajstić information content (AvgIpc) is 2.98. The molecule has 4 nitrogen and oxygen atoms in total. The SMILES string of the molecule is CCCCn1c(-c2nc3ccccc3c(=O)[nH]2)cc2ccccc21. The zero-order valence-electron chi connectivity index (χ0n) is 13.6. The van der Waals surface area contributed by atoms with Crippen LogP contribution in [0.2, 0.25) is 0 Å². The molecular weight excluding hydrogens is 298 g/mol. The third-order valence-corrected chi connectivity index (χ3v) is 4.40. The van der Waals surface area contributed by atoms with E-state index in [1.54, 1.807) is 6.07 Å². The Kier molecular flexibility index (Phi) is 3.65. The molecule has 24 heavy (non-hydrogen) atoms. The van der Waals surface area contributed by atoms with E-state index in [1.165, 1.54) is 10.9 Å². The average molecular weight is 317 g/mol. The highest BCUT2D eigenvalue weighted by Gasteiger charge is 2.13. The second-order valence-corrected chi connectivity index (χ2v) is 6.03. The summed E-state index contributed by atoms with van der Waals surface area (Å²) in [6.07, 6.45) is 2.21. The van der Waals surface area contributed by atoms with E-state index >= 15 is 0 Å². The van der Waals surface area contributed by atoms with Gasteiger partial charge in [-0.15, -0.1) is 0 Å². The van der Waals surface area contributed by atoms with Crippen LogP contribution in [0, 0.1) is 0 Å². The molecule has 0 aliphatic rings. The van der Waals surface area contributed by atoms with Gasteiger partial charge in [0.2, 0.25) is 0 Å². The van der Waals surface area contributed by atoms with Crippen molar-refractivity contribution in [3.63, 3.8) is 0 Å². The predicted molar refractivity (Wildman–Crippen MR) is 98.2 cm³/mol. The van der Waals surface area contributed by atoms with Crippen molar-refractivity contribution >= 4 is 21.8 Å². The van der Waals surface area contributed by atoms with Gasteiger partial charge in [0.25, 0.3) is 5.56 Å². The van der Waals surface area contributed by atoms with Crippen molar-refractivity contribution in [3.05, 3.63) is 65.0 Å². The second kappa shape index (κ2) is 5.96. The maximum atomic E-state index is 12.4. The fourth-order valence-corrected chi connectivity index (χ4v) is 3.17. The van der Waals surface area contributed by atoms with Crippen LogP contribution in [0.25, 0.3) is 33.3 Å². The zero-order chi connectivity index (χ0) is 16.5. The van der Waals surface area contributed by atoms with E-state index in [2.05, 4.69) is 34.7 Å². The summed E-state index contributed by atoms with van der Waals surface area (Å²) >= 11 is 0. The van der Waals surface area contributed by atoms with E-state index in [-0.39, 0.29) is 5.56 Å². The maximum absolute atomic E-state index is 12.4. The van der Waals surface area contributed by atoms with Gasteiger partial charge >= 0.3 is 0 Å². The van der Waals surface area contributed by atoms with Crippen molar-refractivity contribution in [3.8, 4) is 11.5 Å². The molecule has 0 bridgehead atoms. The standard InChI is InChI=1S/C20H19N3O/c1-2-3-12-23-17-11-7-4-8-14(17)13-18(23)19-21-16-10-6-5-9-15(16)20(24)22-19/h4-11,13H,2-3,12H2,1H3,(H,21,22,24). The van der Waals surface area contributed by atoms with Gasteiger partial charge in [-0.1, -0.05) is 43.7 Å². The number of nitrogens with zero attached hydrogens (tertiary/aromatic N) is 2. The normalized spacial score (nSPS) is 11.4. The van der Waals surface area contributed by atoms with Crippen LogP contribution in [0.5, 0.6) is 0 Å². The molecule has 0 aliphatic heterocycles. The van der Waals surface area contributed by atoms with Gasteiger partial charge in [0.1, 0.15) is 0 Å². The molecule has 0 amide bonds. The van der Waals surface area contributed by atoms with Crippen LogP contribution in [0.4, 0.5) is 0 Å². The fourth-order valence-electron chi connectivity index (χ4n) is 3.17. The smallest absolute Gasteiger partial charge is 0.259 e. The first-order chi connectivity index (χ1) is 11.8. The van der Waals surface area contributed by atoms with E-state index in [0.717, 1.165) is 30.6 Å². The van der Waals surface area contributed by atoms with E-state index in [1.807, 2.05) is 30.3 Å². The Morgan fingerprint density at radius 3 is 2.75 bits per heavy atom. The Labute approximate surface area is 139 Å². The fraction of sp³-hybridized carbons (Fsp3) is 0.200. The molecular formula is C20H19N3O. The van der Waals surface area contributed by atoms with Crippen molar-refractivity contribution in [1.82, 2.24) is 14.5 Å². The third kappa shape index (κ3) is 2.40. The summed E-state index contributed by atoms with van der Waals surface area (Å²) < 4.78 is 2.26. The lowest BCUT2D eigenvalue weighted by atomic mass is 10.2. The van der Waals surface area contributed by atoms with Gasteiger partial charge in [0, 0.05) is 17.4 Å². The number of aryl methyl sites for hydroxylation is 1. The number of rotatable bonds is 4. The summed E-state index contributed by atoms with van der Waals surface area (Å²) in [6.45, 7) is 3.09. The lowest BCUT2D eigenvalue weighted by Crippen LogP contribution is -2.11. The molecule has 0 fully saturated rings. The van der Waals surface area contributed by atoms with E-state index in [0.29, 0.717) is 11.2 Å². The quantitative estimate of drug-likeness (QED) is 0.608. The Balaban J connectivity index is 1.97. The summed E-state index contributed by atoms with van der Waals surface area (Å²) in [7, 11) is 0. The monoisotopic (exact) mass is 317 g/mol. The number of nitrogens with one attached hydrogen (secondary N) is 1. The Hall–Kier alpha value is -2.88. The van der Waals surface area contributed by atoms with Crippen LogP contribution in [-0.4, -0.2) is 14.5 Å². The van der Waals surface area contributed by atoms with Gasteiger partial charge in [0.15, 0.2) is 5.82 Å². The summed E-state index contributed by atoms with van der Waals surface area (Å²) in [5.74, 6) is 0.631. The molecule has 4 aromatic rings. The topological polar surface area (TPSA) is 50.7 Å². The van der Waals surface area contributed by atoms with Crippen LogP contribution < -0.4 is 5.56 Å². The van der Waals surface area contributed by atoms with Gasteiger partial charge < -0.3 is 9.55 Å². The molecule has 0 saturated heterocycles. The summed E-state index contributed by atoms with van der Waals surface area (Å²) in [4.78, 5) is 20.1. The van der Waals surface area contributed by atoms with Crippen molar-refractivity contribution < 1.29 is 0 Å². The Morgan fingerprint density at radius 2 is 1.88 bits per heavy atom. The number of hydrogen-bond donors (Lipinski definition) is 1. The van der Waals surface area contributed by atoms with Crippen LogP contribution in [-0.2, 0) is 6.54 Å². The van der Waals surface area contributed by atoms with Gasteiger partial charge in [-0.2, -0.15) is 0 Å². The molecule has 2 aromatic carbocycles. The van der Waals surface area contributed by atoms with Crippen LogP contribution in [0.3, 0.4) is 0 Å². The highest BCUT2D eigenvalue weighted by atomic mass is 16.1. The lowest BCUT2D eigenvalue weighted by Gasteiger charge is -2.10. The molecule has 0 radical (unpaired) electrons. The van der Waals surface area contributed by atoms with Gasteiger partial charge in [-0.3, -0.25) is 4.79 Å². The Morgan fingerprint density at radius 1 is 1.08 bits per heavy atom. The van der Waals surface area contributed by atoms with Crippen LogP contribution in [0.1, 0.15) is 19.8 Å². The molecule has 0 unspecified atom stereocenters. The number of fused-ring (bicyclic) bond motifs is 2. The van der Waals surface area contributed by atoms with Gasteiger partial charge in [-0.25, -0.2) is 4.98 Å². The number of unbranched alkanes of at least 4 members (excludes halogenated alkanes) is 1. The minimum atomic E-state index is -0.0945. The second-order valence-electron chi connectivity index (χ2n) is 6.03. The number of aromatic nitrogens is 3. The number of aromatic amines is 1. The van der Waals surface area contributed by atoms with E-state index in [4.69, 9.17) is 4.98 Å². The minimum Gasteiger partial charge on any atom is -0.338 e. The van der Waals surface area contributed by atoms with Crippen molar-refractivity contribution in [2.75, 3.05) is 0 Å². The minimum absolute atomic E-state index is 0.0945. The summed E-state index contributed by atoms with van der Waals surface area (Å²) in [6, 6.07) is 17.9. The van der Waals surface area contributed by atoms with Crippen LogP contribution >= 0.6 is 0 Å². The largest absolute Gasteiger partial charge is 0.338 e. The highest BCUT2D eigenvalue weighted by molar-refractivity contribution is 5.87. The van der Waals surface area contributed by atoms with Crippen LogP contribution in [0.15, 0.2) is 59.4 Å². The highest BCUT2D eigenvalue weighted by Crippen LogP contribution is 2.27. The third-order valence-electron chi connectivity index (χ3n) is 4.40. The molecule has 0 saturated carbocycles. The van der Waals surface area contributed by atoms with Crippen molar-refractivity contribution in [2.24, 2.45) is 0 Å². The van der Waals surface area contributed by atoms with E-state index in [9.17, 15) is 4.79 Å². The van der Waals surface area contributed by atoms with Gasteiger partial charge in [0.05, 0.1) is 16.6 Å². The van der Waals surface area contributed by atoms with Crippen molar-refractivity contribution in [2.45, 2.75) is 26.3 Å². The first-order valence-corrected chi connectivity index (χ1v) is 8.35. The number of hydrogen-bond acceptors (Lipinski definition) is 2. The zero-order valence-corrected chi connectivity index (χ0v) is 13.6. The molecule has 4 heteroatoms. The summed E-state index contributed by atoms with van der Waals surface area (Å²) in [5.41, 5.74) is 2.77. The molecule has 120 valence electrons. The maximum Gasteiger partial charge on any atom is 0.259 e. The molecule has 0 spiro atoms. The first-order valence-electron chi connectivity index (χ1n) is 8.35. The van der Waals surface area contributed by atoms with Crippen molar-refractivity contribution in [1.29, 1.82) is 0 Å².